The topological polar surface area (TPSA) is 93.1 Å². The monoisotopic (exact) mass is 511 g/mol. The summed E-state index contributed by atoms with van der Waals surface area (Å²) in [6, 6.07) is 18.3. The van der Waals surface area contributed by atoms with E-state index in [4.69, 9.17) is 9.47 Å². The molecule has 1 saturated heterocycles. The molecule has 0 radical (unpaired) electrons. The van der Waals surface area contributed by atoms with E-state index < -0.39 is 23.7 Å². The maximum absolute atomic E-state index is 13.4. The zero-order chi connectivity index (χ0) is 27.0. The van der Waals surface area contributed by atoms with Crippen molar-refractivity contribution in [3.63, 3.8) is 0 Å². The minimum atomic E-state index is -0.851. The molecular weight excluding hydrogens is 482 g/mol. The van der Waals surface area contributed by atoms with Gasteiger partial charge in [-0.05, 0) is 73.9 Å². The van der Waals surface area contributed by atoms with Gasteiger partial charge < -0.3 is 14.6 Å². The van der Waals surface area contributed by atoms with Gasteiger partial charge in [-0.1, -0.05) is 36.8 Å². The predicted octanol–water partition coefficient (Wildman–Crippen LogP) is 5.51. The summed E-state index contributed by atoms with van der Waals surface area (Å²) < 4.78 is 11.0. The second kappa shape index (κ2) is 10.2. The highest BCUT2D eigenvalue weighted by Gasteiger charge is 2.47. The van der Waals surface area contributed by atoms with Crippen molar-refractivity contribution in [3.05, 3.63) is 100 Å². The Balaban J connectivity index is 1.60. The van der Waals surface area contributed by atoms with Crippen LogP contribution in [0.4, 0.5) is 5.69 Å². The van der Waals surface area contributed by atoms with Crippen molar-refractivity contribution in [1.82, 2.24) is 0 Å². The van der Waals surface area contributed by atoms with Crippen LogP contribution in [0.1, 0.15) is 58.9 Å². The van der Waals surface area contributed by atoms with Crippen LogP contribution in [-0.4, -0.2) is 35.5 Å². The largest absolute Gasteiger partial charge is 0.507 e. The van der Waals surface area contributed by atoms with Crippen molar-refractivity contribution in [2.75, 3.05) is 11.5 Å². The van der Waals surface area contributed by atoms with Crippen molar-refractivity contribution >= 4 is 29.1 Å². The molecule has 0 bridgehead atoms. The first-order valence-corrected chi connectivity index (χ1v) is 12.7. The third kappa shape index (κ3) is 4.56. The Morgan fingerprint density at radius 3 is 2.50 bits per heavy atom. The van der Waals surface area contributed by atoms with Gasteiger partial charge in [-0.2, -0.15) is 0 Å². The molecule has 2 atom stereocenters. The highest BCUT2D eigenvalue weighted by Crippen LogP contribution is 2.43. The number of ketones is 1. The summed E-state index contributed by atoms with van der Waals surface area (Å²) in [4.78, 5) is 40.5. The molecule has 2 aliphatic rings. The number of anilines is 1. The lowest BCUT2D eigenvalue weighted by molar-refractivity contribution is -0.132. The summed E-state index contributed by atoms with van der Waals surface area (Å²) in [6.45, 7) is 6.12. The fraction of sp³-hybridized carbons (Fsp3) is 0.258. The van der Waals surface area contributed by atoms with Gasteiger partial charge in [-0.25, -0.2) is 4.79 Å². The quantitative estimate of drug-likeness (QED) is 0.203. The van der Waals surface area contributed by atoms with Crippen LogP contribution in [0.25, 0.3) is 5.76 Å². The van der Waals surface area contributed by atoms with Crippen molar-refractivity contribution in [3.8, 4) is 5.75 Å². The van der Waals surface area contributed by atoms with Crippen LogP contribution >= 0.6 is 0 Å². The van der Waals surface area contributed by atoms with Crippen LogP contribution in [0.3, 0.4) is 0 Å². The Morgan fingerprint density at radius 2 is 1.79 bits per heavy atom. The van der Waals surface area contributed by atoms with Gasteiger partial charge in [0, 0.05) is 17.7 Å². The highest BCUT2D eigenvalue weighted by molar-refractivity contribution is 6.51. The molecule has 1 amide bonds. The number of amides is 1. The zero-order valence-electron chi connectivity index (χ0n) is 21.6. The van der Waals surface area contributed by atoms with Crippen LogP contribution in [0.5, 0.6) is 5.75 Å². The number of benzene rings is 3. The number of Topliss-reactive ketones (excluding diaryl/α,β-unsaturated/α-hetero) is 1. The van der Waals surface area contributed by atoms with Gasteiger partial charge in [-0.3, -0.25) is 14.5 Å². The number of hydrogen-bond donors (Lipinski definition) is 1. The number of carbonyl (C=O) groups is 3. The molecule has 0 saturated carbocycles. The molecule has 0 aromatic heterocycles. The van der Waals surface area contributed by atoms with Crippen LogP contribution in [0, 0.1) is 6.92 Å². The van der Waals surface area contributed by atoms with E-state index in [0.29, 0.717) is 41.8 Å². The molecular formula is C31H29NO6. The number of fused-ring (bicyclic) bond motifs is 1. The Hall–Kier alpha value is -4.39. The van der Waals surface area contributed by atoms with Gasteiger partial charge >= 0.3 is 5.97 Å². The van der Waals surface area contributed by atoms with Gasteiger partial charge in [0.15, 0.2) is 0 Å². The van der Waals surface area contributed by atoms with Gasteiger partial charge in [0.25, 0.3) is 11.7 Å². The maximum atomic E-state index is 13.4. The number of aliphatic hydroxyl groups excluding tert-OH is 1. The number of carbonyl (C=O) groups excluding carboxylic acids is 3. The molecule has 1 fully saturated rings. The minimum absolute atomic E-state index is 0.0129. The minimum Gasteiger partial charge on any atom is -0.507 e. The van der Waals surface area contributed by atoms with E-state index in [1.54, 1.807) is 36.4 Å². The molecule has 3 aromatic carbocycles. The van der Waals surface area contributed by atoms with E-state index in [9.17, 15) is 19.5 Å². The van der Waals surface area contributed by atoms with Crippen molar-refractivity contribution in [2.45, 2.75) is 45.8 Å². The summed E-state index contributed by atoms with van der Waals surface area (Å²) in [5.41, 5.74) is 3.82. The molecule has 3 aromatic rings. The molecule has 0 aliphatic carbocycles. The van der Waals surface area contributed by atoms with E-state index in [1.807, 2.05) is 51.1 Å². The second-order valence-corrected chi connectivity index (χ2v) is 9.72. The van der Waals surface area contributed by atoms with Crippen molar-refractivity contribution < 1.29 is 29.0 Å². The van der Waals surface area contributed by atoms with Crippen molar-refractivity contribution in [2.24, 2.45) is 0 Å². The van der Waals surface area contributed by atoms with E-state index in [-0.39, 0.29) is 17.4 Å². The Bertz CT molecular complexity index is 1460. The standard InChI is InChI=1S/C31H29NO6/c1-4-14-37-31(36)20-8-11-24(12-9-20)32-27(21-7-5-6-18(2)15-21)26(29(34)30(32)35)28(33)22-10-13-25-23(17-22)16-19(3)38-25/h5-13,15,17,19,27,33H,4,14,16H2,1-3H3/b28-26-. The summed E-state index contributed by atoms with van der Waals surface area (Å²) >= 11 is 0. The number of esters is 1. The first-order chi connectivity index (χ1) is 18.3. The van der Waals surface area contributed by atoms with Crippen LogP contribution < -0.4 is 9.64 Å². The smallest absolute Gasteiger partial charge is 0.338 e. The van der Waals surface area contributed by atoms with Gasteiger partial charge in [0.2, 0.25) is 0 Å². The molecule has 194 valence electrons. The van der Waals surface area contributed by atoms with E-state index in [0.717, 1.165) is 16.9 Å². The second-order valence-electron chi connectivity index (χ2n) is 9.72. The normalized spacial score (nSPS) is 19.8. The molecule has 2 heterocycles. The summed E-state index contributed by atoms with van der Waals surface area (Å²) in [5.74, 6) is -1.46. The highest BCUT2D eigenvalue weighted by atomic mass is 16.5. The number of aliphatic hydroxyl groups is 1. The molecule has 7 nitrogen and oxygen atoms in total. The third-order valence-electron chi connectivity index (χ3n) is 6.79. The van der Waals surface area contributed by atoms with E-state index in [2.05, 4.69) is 0 Å². The Kier molecular flexibility index (Phi) is 6.76. The number of rotatable bonds is 6. The molecule has 2 unspecified atom stereocenters. The third-order valence-corrected chi connectivity index (χ3v) is 6.79. The fourth-order valence-electron chi connectivity index (χ4n) is 5.02. The SMILES string of the molecule is CCCOC(=O)c1ccc(N2C(=O)C(=O)/C(=C(\O)c3ccc4c(c3)CC(C)O4)C2c2cccc(C)c2)cc1. The summed E-state index contributed by atoms with van der Waals surface area (Å²) in [7, 11) is 0. The van der Waals surface area contributed by atoms with Gasteiger partial charge in [0.1, 0.15) is 17.6 Å². The predicted molar refractivity (Wildman–Crippen MR) is 143 cm³/mol. The summed E-state index contributed by atoms with van der Waals surface area (Å²) in [6.07, 6.45) is 1.43. The van der Waals surface area contributed by atoms with Crippen LogP contribution in [0.15, 0.2) is 72.3 Å². The molecule has 2 aliphatic heterocycles. The van der Waals surface area contributed by atoms with Crippen molar-refractivity contribution in [1.29, 1.82) is 0 Å². The van der Waals surface area contributed by atoms with Gasteiger partial charge in [0.05, 0.1) is 23.8 Å². The maximum Gasteiger partial charge on any atom is 0.338 e. The fourth-order valence-corrected chi connectivity index (χ4v) is 5.02. The number of hydrogen-bond acceptors (Lipinski definition) is 6. The number of aryl methyl sites for hydroxylation is 1. The van der Waals surface area contributed by atoms with E-state index in [1.165, 1.54) is 4.90 Å². The average Bonchev–Trinajstić information content (AvgIpc) is 3.42. The first kappa shape index (κ1) is 25.3. The molecule has 0 spiro atoms. The van der Waals surface area contributed by atoms with Gasteiger partial charge in [-0.15, -0.1) is 0 Å². The van der Waals surface area contributed by atoms with Crippen LogP contribution in [-0.2, 0) is 20.7 Å². The molecule has 5 rings (SSSR count). The summed E-state index contributed by atoms with van der Waals surface area (Å²) in [5, 5.41) is 11.4. The Labute approximate surface area is 221 Å². The first-order valence-electron chi connectivity index (χ1n) is 12.7. The zero-order valence-corrected chi connectivity index (χ0v) is 21.6. The molecule has 38 heavy (non-hydrogen) atoms. The van der Waals surface area contributed by atoms with E-state index >= 15 is 0 Å². The lowest BCUT2D eigenvalue weighted by Gasteiger charge is -2.26. The molecule has 1 N–H and O–H groups in total. The lowest BCUT2D eigenvalue weighted by Crippen LogP contribution is -2.29. The van der Waals surface area contributed by atoms with Crippen LogP contribution in [0.2, 0.25) is 0 Å². The molecule has 7 heteroatoms. The number of ether oxygens (including phenoxy) is 2. The Morgan fingerprint density at radius 1 is 1.05 bits per heavy atom. The average molecular weight is 512 g/mol. The number of nitrogens with zero attached hydrogens (tertiary/aromatic N) is 1. The lowest BCUT2D eigenvalue weighted by atomic mass is 9.93.